The van der Waals surface area contributed by atoms with Gasteiger partial charge in [-0.15, -0.1) is 0 Å². The van der Waals surface area contributed by atoms with Gasteiger partial charge in [0.1, 0.15) is 12.4 Å². The number of ether oxygens (including phenoxy) is 1. The lowest BCUT2D eigenvalue weighted by Crippen LogP contribution is -2.49. The van der Waals surface area contributed by atoms with Gasteiger partial charge in [-0.2, -0.15) is 0 Å². The van der Waals surface area contributed by atoms with Crippen molar-refractivity contribution in [1.29, 1.82) is 0 Å². The standard InChI is InChI=1S/C13H25NO2.CH2O/c1-7-13(6)9-8-10(2)14(13)11(15)16-12(3,4)5;1-2/h10H,7-9H2,1-6H3;1H2. The van der Waals surface area contributed by atoms with Crippen LogP contribution >= 0.6 is 0 Å². The largest absolute Gasteiger partial charge is 0.444 e. The molecule has 1 heterocycles. The highest BCUT2D eigenvalue weighted by molar-refractivity contribution is 5.70. The van der Waals surface area contributed by atoms with Crippen LogP contribution in [0.25, 0.3) is 0 Å². The highest BCUT2D eigenvalue weighted by Crippen LogP contribution is 2.37. The summed E-state index contributed by atoms with van der Waals surface area (Å²) in [5, 5.41) is 0. The van der Waals surface area contributed by atoms with Gasteiger partial charge in [-0.25, -0.2) is 4.79 Å². The number of rotatable bonds is 1. The van der Waals surface area contributed by atoms with Gasteiger partial charge in [0.25, 0.3) is 0 Å². The molecule has 0 aromatic heterocycles. The van der Waals surface area contributed by atoms with Crippen molar-refractivity contribution in [2.45, 2.75) is 78.0 Å². The molecule has 0 saturated carbocycles. The number of carbonyl (C=O) groups is 2. The second-order valence-corrected chi connectivity index (χ2v) is 6.09. The Kier molecular flexibility index (Phi) is 5.84. The molecule has 1 aliphatic rings. The summed E-state index contributed by atoms with van der Waals surface area (Å²) in [6.07, 6.45) is 2.96. The number of nitrogens with zero attached hydrogens (tertiary/aromatic N) is 1. The Hall–Kier alpha value is -1.06. The van der Waals surface area contributed by atoms with Gasteiger partial charge in [-0.05, 0) is 53.9 Å². The van der Waals surface area contributed by atoms with Gasteiger partial charge in [0.2, 0.25) is 0 Å². The van der Waals surface area contributed by atoms with E-state index < -0.39 is 5.60 Å². The molecule has 1 fully saturated rings. The summed E-state index contributed by atoms with van der Waals surface area (Å²) in [5.74, 6) is 0. The van der Waals surface area contributed by atoms with Crippen LogP contribution in [0.15, 0.2) is 0 Å². The van der Waals surface area contributed by atoms with Gasteiger partial charge in [0.05, 0.1) is 0 Å². The molecule has 2 unspecified atom stereocenters. The quantitative estimate of drug-likeness (QED) is 0.723. The molecule has 0 radical (unpaired) electrons. The first kappa shape index (κ1) is 16.9. The van der Waals surface area contributed by atoms with Crippen LogP contribution in [0.4, 0.5) is 4.79 Å². The van der Waals surface area contributed by atoms with Gasteiger partial charge in [-0.1, -0.05) is 6.92 Å². The third-order valence-corrected chi connectivity index (χ3v) is 3.47. The summed E-state index contributed by atoms with van der Waals surface area (Å²) in [7, 11) is 0. The molecule has 0 aromatic rings. The Bertz CT molecular complexity index is 285. The van der Waals surface area contributed by atoms with E-state index in [1.165, 1.54) is 0 Å². The Morgan fingerprint density at radius 2 is 1.94 bits per heavy atom. The van der Waals surface area contributed by atoms with Crippen LogP contribution in [-0.2, 0) is 9.53 Å². The number of amides is 1. The van der Waals surface area contributed by atoms with Crippen molar-refractivity contribution < 1.29 is 14.3 Å². The fourth-order valence-corrected chi connectivity index (χ4v) is 2.36. The van der Waals surface area contributed by atoms with E-state index in [1.54, 1.807) is 0 Å². The van der Waals surface area contributed by atoms with Crippen LogP contribution in [-0.4, -0.2) is 35.0 Å². The Morgan fingerprint density at radius 3 is 2.33 bits per heavy atom. The third kappa shape index (κ3) is 4.00. The molecule has 1 aliphatic heterocycles. The molecule has 0 aliphatic carbocycles. The Balaban J connectivity index is 0.00000137. The molecule has 1 amide bonds. The molecular weight excluding hydrogens is 230 g/mol. The van der Waals surface area contributed by atoms with Gasteiger partial charge in [0.15, 0.2) is 0 Å². The van der Waals surface area contributed by atoms with Crippen molar-refractivity contribution >= 4 is 12.9 Å². The predicted octanol–water partition coefficient (Wildman–Crippen LogP) is 3.39. The maximum atomic E-state index is 12.1. The molecule has 106 valence electrons. The average molecular weight is 257 g/mol. The summed E-state index contributed by atoms with van der Waals surface area (Å²) in [6, 6.07) is 0.291. The van der Waals surface area contributed by atoms with E-state index in [1.807, 2.05) is 32.5 Å². The van der Waals surface area contributed by atoms with Crippen molar-refractivity contribution in [1.82, 2.24) is 4.90 Å². The second-order valence-electron chi connectivity index (χ2n) is 6.09. The molecular formula is C14H27NO3. The van der Waals surface area contributed by atoms with E-state index in [4.69, 9.17) is 9.53 Å². The fraction of sp³-hybridized carbons (Fsp3) is 0.857. The van der Waals surface area contributed by atoms with E-state index in [9.17, 15) is 4.79 Å². The molecule has 0 bridgehead atoms. The average Bonchev–Trinajstić information content (AvgIpc) is 2.56. The van der Waals surface area contributed by atoms with Crippen LogP contribution < -0.4 is 0 Å². The van der Waals surface area contributed by atoms with Crippen LogP contribution in [0.1, 0.15) is 60.8 Å². The van der Waals surface area contributed by atoms with Crippen LogP contribution in [0.3, 0.4) is 0 Å². The van der Waals surface area contributed by atoms with Crippen LogP contribution in [0.5, 0.6) is 0 Å². The highest BCUT2D eigenvalue weighted by atomic mass is 16.6. The first-order chi connectivity index (χ1) is 8.19. The molecule has 18 heavy (non-hydrogen) atoms. The molecule has 0 spiro atoms. The van der Waals surface area contributed by atoms with E-state index in [0.29, 0.717) is 6.04 Å². The molecule has 4 nitrogen and oxygen atoms in total. The van der Waals surface area contributed by atoms with Crippen molar-refractivity contribution in [2.75, 3.05) is 0 Å². The lowest BCUT2D eigenvalue weighted by molar-refractivity contribution is -0.0980. The van der Waals surface area contributed by atoms with Crippen molar-refractivity contribution in [2.24, 2.45) is 0 Å². The topological polar surface area (TPSA) is 46.6 Å². The van der Waals surface area contributed by atoms with Crippen LogP contribution in [0, 0.1) is 0 Å². The van der Waals surface area contributed by atoms with Crippen molar-refractivity contribution in [3.63, 3.8) is 0 Å². The Labute approximate surface area is 111 Å². The number of carbonyl (C=O) groups excluding carboxylic acids is 2. The normalized spacial score (nSPS) is 27.4. The van der Waals surface area contributed by atoms with E-state index in [-0.39, 0.29) is 11.6 Å². The lowest BCUT2D eigenvalue weighted by atomic mass is 9.96. The Morgan fingerprint density at radius 1 is 1.44 bits per heavy atom. The van der Waals surface area contributed by atoms with Gasteiger partial charge >= 0.3 is 6.09 Å². The van der Waals surface area contributed by atoms with Gasteiger partial charge < -0.3 is 14.4 Å². The first-order valence-electron chi connectivity index (χ1n) is 6.51. The predicted molar refractivity (Wildman–Crippen MR) is 72.6 cm³/mol. The number of hydrogen-bond acceptors (Lipinski definition) is 3. The fourth-order valence-electron chi connectivity index (χ4n) is 2.36. The minimum absolute atomic E-state index is 0.0260. The minimum atomic E-state index is -0.409. The SMILES string of the molecule is C=O.CCC1(C)CCC(C)N1C(=O)OC(C)(C)C. The first-order valence-corrected chi connectivity index (χ1v) is 6.51. The zero-order chi connectivity index (χ0) is 14.6. The van der Waals surface area contributed by atoms with Gasteiger partial charge in [0, 0.05) is 11.6 Å². The minimum Gasteiger partial charge on any atom is -0.444 e. The zero-order valence-electron chi connectivity index (χ0n) is 12.6. The van der Waals surface area contributed by atoms with Crippen molar-refractivity contribution in [3.05, 3.63) is 0 Å². The molecule has 0 N–H and O–H groups in total. The van der Waals surface area contributed by atoms with E-state index in [2.05, 4.69) is 20.8 Å². The second kappa shape index (κ2) is 6.21. The molecule has 1 rings (SSSR count). The summed E-state index contributed by atoms with van der Waals surface area (Å²) in [5.41, 5.74) is -0.435. The maximum Gasteiger partial charge on any atom is 0.410 e. The monoisotopic (exact) mass is 257 g/mol. The lowest BCUT2D eigenvalue weighted by Gasteiger charge is -2.38. The number of likely N-dealkylation sites (tertiary alicyclic amines) is 1. The molecule has 4 heteroatoms. The molecule has 2 atom stereocenters. The summed E-state index contributed by atoms with van der Waals surface area (Å²) >= 11 is 0. The number of hydrogen-bond donors (Lipinski definition) is 0. The molecule has 0 aromatic carbocycles. The smallest absolute Gasteiger partial charge is 0.410 e. The van der Waals surface area contributed by atoms with Crippen molar-refractivity contribution in [3.8, 4) is 0 Å². The van der Waals surface area contributed by atoms with E-state index in [0.717, 1.165) is 19.3 Å². The van der Waals surface area contributed by atoms with E-state index >= 15 is 0 Å². The zero-order valence-corrected chi connectivity index (χ0v) is 12.6. The molecule has 1 saturated heterocycles. The maximum absolute atomic E-state index is 12.1. The summed E-state index contributed by atoms with van der Waals surface area (Å²) in [4.78, 5) is 22.1. The highest BCUT2D eigenvalue weighted by Gasteiger charge is 2.44. The van der Waals surface area contributed by atoms with Crippen LogP contribution in [0.2, 0.25) is 0 Å². The summed E-state index contributed by atoms with van der Waals surface area (Å²) in [6.45, 7) is 14.1. The summed E-state index contributed by atoms with van der Waals surface area (Å²) < 4.78 is 5.48. The third-order valence-electron chi connectivity index (χ3n) is 3.47. The van der Waals surface area contributed by atoms with Gasteiger partial charge in [-0.3, -0.25) is 0 Å².